The van der Waals surface area contributed by atoms with E-state index < -0.39 is 0 Å². The predicted octanol–water partition coefficient (Wildman–Crippen LogP) is 3.37. The van der Waals surface area contributed by atoms with Gasteiger partial charge in [-0.2, -0.15) is 0 Å². The summed E-state index contributed by atoms with van der Waals surface area (Å²) in [5, 5.41) is 12.6. The number of non-ortho nitro benzene ring substituents is 1. The van der Waals surface area contributed by atoms with Crippen LogP contribution in [-0.4, -0.2) is 16.4 Å². The van der Waals surface area contributed by atoms with Crippen molar-refractivity contribution < 1.29 is 4.92 Å². The molecule has 15 heavy (non-hydrogen) atoms. The zero-order valence-electron chi connectivity index (χ0n) is 7.88. The summed E-state index contributed by atoms with van der Waals surface area (Å²) in [6.45, 7) is 0. The van der Waals surface area contributed by atoms with Crippen LogP contribution in [0, 0.1) is 10.1 Å². The lowest BCUT2D eigenvalue weighted by Crippen LogP contribution is -1.92. The molecule has 1 heterocycles. The molecule has 0 radical (unpaired) electrons. The SMILES string of the molecule is O=[N+]([O-])c1ccc(C2=CSCCS2)cc1. The minimum absolute atomic E-state index is 0.146. The third-order valence-electron chi connectivity index (χ3n) is 2.01. The summed E-state index contributed by atoms with van der Waals surface area (Å²) in [7, 11) is 0. The molecular weight excluding hydrogens is 230 g/mol. The number of benzene rings is 1. The van der Waals surface area contributed by atoms with Crippen molar-refractivity contribution in [2.75, 3.05) is 11.5 Å². The summed E-state index contributed by atoms with van der Waals surface area (Å²) >= 11 is 3.59. The molecule has 0 aromatic heterocycles. The van der Waals surface area contributed by atoms with Crippen LogP contribution in [0.25, 0.3) is 4.91 Å². The maximum absolute atomic E-state index is 10.5. The number of hydrogen-bond acceptors (Lipinski definition) is 4. The van der Waals surface area contributed by atoms with Crippen LogP contribution in [-0.2, 0) is 0 Å². The minimum atomic E-state index is -0.374. The summed E-state index contributed by atoms with van der Waals surface area (Å²) in [6, 6.07) is 6.72. The van der Waals surface area contributed by atoms with Gasteiger partial charge in [0.2, 0.25) is 0 Å². The second-order valence-corrected chi connectivity index (χ2v) is 5.12. The van der Waals surface area contributed by atoms with Gasteiger partial charge in [-0.15, -0.1) is 23.5 Å². The Morgan fingerprint density at radius 3 is 2.47 bits per heavy atom. The largest absolute Gasteiger partial charge is 0.269 e. The highest BCUT2D eigenvalue weighted by Gasteiger charge is 2.09. The molecular formula is C10H9NO2S2. The molecule has 0 spiro atoms. The van der Waals surface area contributed by atoms with Crippen LogP contribution >= 0.6 is 23.5 Å². The molecule has 0 N–H and O–H groups in total. The summed E-state index contributed by atoms with van der Waals surface area (Å²) in [6.07, 6.45) is 0. The highest BCUT2D eigenvalue weighted by molar-refractivity contribution is 8.13. The molecule has 0 fully saturated rings. The van der Waals surface area contributed by atoms with Crippen LogP contribution in [0.5, 0.6) is 0 Å². The van der Waals surface area contributed by atoms with E-state index in [1.54, 1.807) is 35.7 Å². The van der Waals surface area contributed by atoms with E-state index in [1.807, 2.05) is 12.1 Å². The van der Waals surface area contributed by atoms with Gasteiger partial charge in [0.15, 0.2) is 0 Å². The van der Waals surface area contributed by atoms with E-state index >= 15 is 0 Å². The lowest BCUT2D eigenvalue weighted by atomic mass is 10.2. The number of nitro groups is 1. The van der Waals surface area contributed by atoms with Gasteiger partial charge in [0.25, 0.3) is 5.69 Å². The third-order valence-corrected chi connectivity index (χ3v) is 4.33. The summed E-state index contributed by atoms with van der Waals surface area (Å²) in [5.41, 5.74) is 1.21. The molecule has 1 aliphatic heterocycles. The summed E-state index contributed by atoms with van der Waals surface area (Å²) < 4.78 is 0. The van der Waals surface area contributed by atoms with Crippen molar-refractivity contribution in [3.05, 3.63) is 45.4 Å². The molecule has 1 aromatic carbocycles. The Hall–Kier alpha value is -0.940. The van der Waals surface area contributed by atoms with Crippen LogP contribution in [0.3, 0.4) is 0 Å². The third kappa shape index (κ3) is 2.54. The summed E-state index contributed by atoms with van der Waals surface area (Å²) in [5.74, 6) is 2.24. The fourth-order valence-electron chi connectivity index (χ4n) is 1.27. The molecule has 0 amide bonds. The molecule has 1 aliphatic rings. The lowest BCUT2D eigenvalue weighted by molar-refractivity contribution is -0.384. The summed E-state index contributed by atoms with van der Waals surface area (Å²) in [4.78, 5) is 11.3. The maximum atomic E-state index is 10.5. The molecule has 0 atom stereocenters. The Morgan fingerprint density at radius 1 is 1.20 bits per heavy atom. The Morgan fingerprint density at radius 2 is 1.93 bits per heavy atom. The van der Waals surface area contributed by atoms with E-state index in [0.29, 0.717) is 0 Å². The first-order valence-corrected chi connectivity index (χ1v) is 6.50. The topological polar surface area (TPSA) is 43.1 Å². The van der Waals surface area contributed by atoms with Crippen molar-refractivity contribution in [2.24, 2.45) is 0 Å². The number of hydrogen-bond donors (Lipinski definition) is 0. The lowest BCUT2D eigenvalue weighted by Gasteiger charge is -2.11. The van der Waals surface area contributed by atoms with Crippen LogP contribution in [0.1, 0.15) is 5.56 Å². The Kier molecular flexibility index (Phi) is 3.33. The van der Waals surface area contributed by atoms with Gasteiger partial charge < -0.3 is 0 Å². The van der Waals surface area contributed by atoms with E-state index in [0.717, 1.165) is 17.1 Å². The highest BCUT2D eigenvalue weighted by atomic mass is 32.2. The van der Waals surface area contributed by atoms with Crippen LogP contribution in [0.15, 0.2) is 29.7 Å². The quantitative estimate of drug-likeness (QED) is 0.586. The van der Waals surface area contributed by atoms with E-state index in [4.69, 9.17) is 0 Å². The van der Waals surface area contributed by atoms with Crippen LogP contribution in [0.4, 0.5) is 5.69 Å². The van der Waals surface area contributed by atoms with Crippen molar-refractivity contribution in [1.29, 1.82) is 0 Å². The van der Waals surface area contributed by atoms with Crippen molar-refractivity contribution in [3.63, 3.8) is 0 Å². The van der Waals surface area contributed by atoms with E-state index in [-0.39, 0.29) is 10.6 Å². The average Bonchev–Trinajstić information content (AvgIpc) is 2.30. The van der Waals surface area contributed by atoms with E-state index in [2.05, 4.69) is 5.41 Å². The standard InChI is InChI=1S/C10H9NO2S2/c12-11(13)9-3-1-8(2-4-9)10-7-14-5-6-15-10/h1-4,7H,5-6H2. The number of nitrogens with zero attached hydrogens (tertiary/aromatic N) is 1. The Balaban J connectivity index is 2.23. The van der Waals surface area contributed by atoms with Crippen molar-refractivity contribution in [2.45, 2.75) is 0 Å². The smallest absolute Gasteiger partial charge is 0.258 e. The molecule has 2 rings (SSSR count). The van der Waals surface area contributed by atoms with Gasteiger partial charge in [-0.05, 0) is 23.1 Å². The van der Waals surface area contributed by atoms with Crippen molar-refractivity contribution in [3.8, 4) is 0 Å². The zero-order valence-corrected chi connectivity index (χ0v) is 9.51. The van der Waals surface area contributed by atoms with Crippen LogP contribution in [0.2, 0.25) is 0 Å². The Bertz CT molecular complexity index is 400. The molecule has 0 bridgehead atoms. The number of nitro benzene ring substituents is 1. The fraction of sp³-hybridized carbons (Fsp3) is 0.200. The molecule has 3 nitrogen and oxygen atoms in total. The molecule has 0 aliphatic carbocycles. The molecule has 5 heteroatoms. The first-order chi connectivity index (χ1) is 7.27. The van der Waals surface area contributed by atoms with Gasteiger partial charge in [0.05, 0.1) is 4.92 Å². The number of rotatable bonds is 2. The maximum Gasteiger partial charge on any atom is 0.269 e. The monoisotopic (exact) mass is 239 g/mol. The van der Waals surface area contributed by atoms with Crippen molar-refractivity contribution >= 4 is 34.1 Å². The highest BCUT2D eigenvalue weighted by Crippen LogP contribution is 2.34. The first kappa shape index (κ1) is 10.6. The molecule has 0 saturated carbocycles. The van der Waals surface area contributed by atoms with Gasteiger partial charge in [-0.1, -0.05) is 0 Å². The minimum Gasteiger partial charge on any atom is -0.258 e. The van der Waals surface area contributed by atoms with Gasteiger partial charge in [-0.3, -0.25) is 10.1 Å². The van der Waals surface area contributed by atoms with Crippen molar-refractivity contribution in [1.82, 2.24) is 0 Å². The number of thioether (sulfide) groups is 2. The van der Waals surface area contributed by atoms with Crippen LogP contribution < -0.4 is 0 Å². The second-order valence-electron chi connectivity index (χ2n) is 3.01. The van der Waals surface area contributed by atoms with Gasteiger partial charge in [-0.25, -0.2) is 0 Å². The molecule has 1 aromatic rings. The van der Waals surface area contributed by atoms with Gasteiger partial charge >= 0.3 is 0 Å². The second kappa shape index (κ2) is 4.72. The van der Waals surface area contributed by atoms with E-state index in [9.17, 15) is 10.1 Å². The Labute approximate surface area is 96.1 Å². The predicted molar refractivity (Wildman–Crippen MR) is 66.0 cm³/mol. The molecule has 0 saturated heterocycles. The first-order valence-electron chi connectivity index (χ1n) is 4.47. The van der Waals surface area contributed by atoms with Gasteiger partial charge in [0.1, 0.15) is 0 Å². The van der Waals surface area contributed by atoms with Gasteiger partial charge in [0, 0.05) is 28.5 Å². The fourth-order valence-corrected chi connectivity index (χ4v) is 3.39. The molecule has 0 unspecified atom stereocenters. The zero-order chi connectivity index (χ0) is 10.7. The van der Waals surface area contributed by atoms with E-state index in [1.165, 1.54) is 4.91 Å². The average molecular weight is 239 g/mol. The molecule has 78 valence electrons. The normalized spacial score (nSPS) is 15.9.